The van der Waals surface area contributed by atoms with Gasteiger partial charge in [0, 0.05) is 5.69 Å². The summed E-state index contributed by atoms with van der Waals surface area (Å²) in [5.74, 6) is 1.78. The van der Waals surface area contributed by atoms with Crippen LogP contribution >= 0.6 is 12.4 Å². The van der Waals surface area contributed by atoms with Gasteiger partial charge in [-0.15, -0.1) is 12.4 Å². The van der Waals surface area contributed by atoms with Crippen LogP contribution in [0, 0.1) is 5.92 Å². The van der Waals surface area contributed by atoms with E-state index in [0.29, 0.717) is 0 Å². The van der Waals surface area contributed by atoms with Gasteiger partial charge in [0.2, 0.25) is 0 Å². The Labute approximate surface area is 111 Å². The standard InChI is InChI=1S/C15H23N.ClH/c1-2-3-12-4-6-13(7-5-12)14-8-10-15(16)11-9-14;/h8-13H,2-7,16H2,1H3;1H. The van der Waals surface area contributed by atoms with Crippen molar-refractivity contribution in [3.8, 4) is 0 Å². The van der Waals surface area contributed by atoms with Crippen LogP contribution in [0.1, 0.15) is 56.9 Å². The van der Waals surface area contributed by atoms with Crippen molar-refractivity contribution in [1.82, 2.24) is 0 Å². The summed E-state index contributed by atoms with van der Waals surface area (Å²) in [6.07, 6.45) is 8.35. The highest BCUT2D eigenvalue weighted by Gasteiger charge is 2.21. The van der Waals surface area contributed by atoms with Gasteiger partial charge in [0.15, 0.2) is 0 Å². The predicted molar refractivity (Wildman–Crippen MR) is 77.7 cm³/mol. The monoisotopic (exact) mass is 253 g/mol. The number of nitrogen functional groups attached to an aromatic ring is 1. The number of halogens is 1. The van der Waals surface area contributed by atoms with E-state index in [1.54, 1.807) is 0 Å². The van der Waals surface area contributed by atoms with Crippen LogP contribution in [0.2, 0.25) is 0 Å². The van der Waals surface area contributed by atoms with Crippen molar-refractivity contribution in [2.75, 3.05) is 5.73 Å². The number of rotatable bonds is 3. The molecule has 1 aliphatic carbocycles. The zero-order valence-electron chi connectivity index (χ0n) is 10.7. The van der Waals surface area contributed by atoms with Crippen molar-refractivity contribution in [3.63, 3.8) is 0 Å². The van der Waals surface area contributed by atoms with Gasteiger partial charge in [-0.05, 0) is 55.2 Å². The van der Waals surface area contributed by atoms with Crippen LogP contribution in [0.5, 0.6) is 0 Å². The van der Waals surface area contributed by atoms with Gasteiger partial charge in [0.1, 0.15) is 0 Å². The number of nitrogens with two attached hydrogens (primary N) is 1. The van der Waals surface area contributed by atoms with Gasteiger partial charge in [-0.1, -0.05) is 31.9 Å². The van der Waals surface area contributed by atoms with Gasteiger partial charge in [-0.25, -0.2) is 0 Å². The Morgan fingerprint density at radius 1 is 1.06 bits per heavy atom. The second-order valence-corrected chi connectivity index (χ2v) is 5.17. The van der Waals surface area contributed by atoms with Crippen molar-refractivity contribution in [2.45, 2.75) is 51.4 Å². The molecule has 2 rings (SSSR count). The number of anilines is 1. The van der Waals surface area contributed by atoms with Crippen LogP contribution in [-0.2, 0) is 0 Å². The Morgan fingerprint density at radius 3 is 2.18 bits per heavy atom. The average Bonchev–Trinajstić information content (AvgIpc) is 2.32. The lowest BCUT2D eigenvalue weighted by Crippen LogP contribution is -2.13. The quantitative estimate of drug-likeness (QED) is 0.772. The minimum absolute atomic E-state index is 0. The van der Waals surface area contributed by atoms with E-state index < -0.39 is 0 Å². The van der Waals surface area contributed by atoms with Crippen LogP contribution in [0.25, 0.3) is 0 Å². The summed E-state index contributed by atoms with van der Waals surface area (Å²) >= 11 is 0. The Bertz CT molecular complexity index is 312. The molecule has 96 valence electrons. The zero-order valence-corrected chi connectivity index (χ0v) is 11.5. The maximum Gasteiger partial charge on any atom is 0.0314 e. The van der Waals surface area contributed by atoms with Gasteiger partial charge >= 0.3 is 0 Å². The van der Waals surface area contributed by atoms with E-state index in [0.717, 1.165) is 17.5 Å². The fraction of sp³-hybridized carbons (Fsp3) is 0.600. The Kier molecular flexibility index (Phi) is 5.84. The molecule has 1 nitrogen and oxygen atoms in total. The van der Waals surface area contributed by atoms with Crippen LogP contribution in [0.15, 0.2) is 24.3 Å². The van der Waals surface area contributed by atoms with Crippen LogP contribution in [0.4, 0.5) is 5.69 Å². The highest BCUT2D eigenvalue weighted by Crippen LogP contribution is 2.37. The highest BCUT2D eigenvalue weighted by atomic mass is 35.5. The molecule has 1 aliphatic rings. The van der Waals surface area contributed by atoms with E-state index >= 15 is 0 Å². The van der Waals surface area contributed by atoms with Crippen molar-refractivity contribution in [1.29, 1.82) is 0 Å². The van der Waals surface area contributed by atoms with Gasteiger partial charge in [-0.3, -0.25) is 0 Å². The van der Waals surface area contributed by atoms with Crippen LogP contribution in [0.3, 0.4) is 0 Å². The normalized spacial score (nSPS) is 24.1. The van der Waals surface area contributed by atoms with Gasteiger partial charge in [0.05, 0.1) is 0 Å². The largest absolute Gasteiger partial charge is 0.399 e. The molecule has 1 aromatic rings. The zero-order chi connectivity index (χ0) is 11.4. The number of benzene rings is 1. The summed E-state index contributed by atoms with van der Waals surface area (Å²) in [4.78, 5) is 0. The first-order valence-corrected chi connectivity index (χ1v) is 6.65. The van der Waals surface area contributed by atoms with E-state index in [-0.39, 0.29) is 12.4 Å². The summed E-state index contributed by atoms with van der Waals surface area (Å²) in [6.45, 7) is 2.30. The second-order valence-electron chi connectivity index (χ2n) is 5.17. The first-order chi connectivity index (χ1) is 7.79. The Hall–Kier alpha value is -0.690. The molecule has 1 fully saturated rings. The van der Waals surface area contributed by atoms with E-state index in [9.17, 15) is 0 Å². The topological polar surface area (TPSA) is 26.0 Å². The summed E-state index contributed by atoms with van der Waals surface area (Å²) in [5.41, 5.74) is 8.09. The second kappa shape index (κ2) is 6.90. The SMILES string of the molecule is CCCC1CCC(c2ccc(N)cc2)CC1.Cl. The average molecular weight is 254 g/mol. The lowest BCUT2D eigenvalue weighted by atomic mass is 9.77. The molecule has 1 aromatic carbocycles. The number of hydrogen-bond donors (Lipinski definition) is 1. The van der Waals surface area contributed by atoms with E-state index in [1.807, 2.05) is 12.1 Å². The third-order valence-corrected chi connectivity index (χ3v) is 3.95. The maximum atomic E-state index is 5.72. The summed E-state index contributed by atoms with van der Waals surface area (Å²) < 4.78 is 0. The van der Waals surface area contributed by atoms with Gasteiger partial charge < -0.3 is 5.73 Å². The third-order valence-electron chi connectivity index (χ3n) is 3.95. The van der Waals surface area contributed by atoms with Gasteiger partial charge in [0.25, 0.3) is 0 Å². The van der Waals surface area contributed by atoms with E-state index in [4.69, 9.17) is 5.73 Å². The molecule has 0 saturated heterocycles. The molecule has 0 aliphatic heterocycles. The lowest BCUT2D eigenvalue weighted by molar-refractivity contribution is 0.308. The molecular formula is C15H24ClN. The Balaban J connectivity index is 0.00000144. The summed E-state index contributed by atoms with van der Waals surface area (Å²) in [6, 6.07) is 8.49. The third kappa shape index (κ3) is 3.92. The molecule has 0 spiro atoms. The molecule has 0 heterocycles. The molecular weight excluding hydrogens is 230 g/mol. The lowest BCUT2D eigenvalue weighted by Gasteiger charge is -2.28. The summed E-state index contributed by atoms with van der Waals surface area (Å²) in [5, 5.41) is 0. The fourth-order valence-electron chi connectivity index (χ4n) is 2.96. The predicted octanol–water partition coefficient (Wildman–Crippen LogP) is 4.76. The molecule has 0 unspecified atom stereocenters. The molecule has 0 amide bonds. The molecule has 0 aromatic heterocycles. The minimum Gasteiger partial charge on any atom is -0.399 e. The van der Waals surface area contributed by atoms with Crippen molar-refractivity contribution in [3.05, 3.63) is 29.8 Å². The van der Waals surface area contributed by atoms with Crippen molar-refractivity contribution >= 4 is 18.1 Å². The molecule has 0 bridgehead atoms. The molecule has 0 atom stereocenters. The van der Waals surface area contributed by atoms with Crippen LogP contribution < -0.4 is 5.73 Å². The highest BCUT2D eigenvalue weighted by molar-refractivity contribution is 5.85. The van der Waals surface area contributed by atoms with Crippen molar-refractivity contribution < 1.29 is 0 Å². The first kappa shape index (κ1) is 14.4. The van der Waals surface area contributed by atoms with Crippen LogP contribution in [-0.4, -0.2) is 0 Å². The van der Waals surface area contributed by atoms with Crippen molar-refractivity contribution in [2.24, 2.45) is 5.92 Å². The molecule has 2 N–H and O–H groups in total. The molecule has 2 heteroatoms. The van der Waals surface area contributed by atoms with Gasteiger partial charge in [-0.2, -0.15) is 0 Å². The molecule has 1 saturated carbocycles. The smallest absolute Gasteiger partial charge is 0.0314 e. The number of hydrogen-bond acceptors (Lipinski definition) is 1. The molecule has 17 heavy (non-hydrogen) atoms. The summed E-state index contributed by atoms with van der Waals surface area (Å²) in [7, 11) is 0. The first-order valence-electron chi connectivity index (χ1n) is 6.65. The molecule has 0 radical (unpaired) electrons. The maximum absolute atomic E-state index is 5.72. The Morgan fingerprint density at radius 2 is 1.65 bits per heavy atom. The van der Waals surface area contributed by atoms with E-state index in [1.165, 1.54) is 44.1 Å². The van der Waals surface area contributed by atoms with E-state index in [2.05, 4.69) is 19.1 Å². The fourth-order valence-corrected chi connectivity index (χ4v) is 2.96. The minimum atomic E-state index is 0.